The molecule has 22 heavy (non-hydrogen) atoms. The highest BCUT2D eigenvalue weighted by atomic mass is 32.2. The number of rotatable bonds is 6. The highest BCUT2D eigenvalue weighted by molar-refractivity contribution is 7.95. The third-order valence-electron chi connectivity index (χ3n) is 3.50. The Kier molecular flexibility index (Phi) is 4.83. The van der Waals surface area contributed by atoms with Crippen LogP contribution in [0.1, 0.15) is 29.7 Å². The van der Waals surface area contributed by atoms with Crippen LogP contribution in [0.3, 0.4) is 0 Å². The number of benzene rings is 2. The molecular formula is C18H18O3S. The molecule has 0 radical (unpaired) electrons. The first-order chi connectivity index (χ1) is 10.7. The molecule has 0 aromatic heterocycles. The molecule has 0 saturated heterocycles. The van der Waals surface area contributed by atoms with Gasteiger partial charge in [-0.2, -0.15) is 0 Å². The lowest BCUT2D eigenvalue weighted by atomic mass is 10.1. The smallest absolute Gasteiger partial charge is 0.166 e. The first-order valence-electron chi connectivity index (χ1n) is 7.26. The predicted octanol–water partition coefficient (Wildman–Crippen LogP) is 4.55. The number of aliphatic hydroxyl groups is 1. The van der Waals surface area contributed by atoms with Crippen molar-refractivity contribution in [3.8, 4) is 5.75 Å². The van der Waals surface area contributed by atoms with Crippen molar-refractivity contribution in [1.29, 1.82) is 0 Å². The van der Waals surface area contributed by atoms with Gasteiger partial charge in [0.1, 0.15) is 0 Å². The molecule has 3 nitrogen and oxygen atoms in total. The number of aliphatic hydroxyl groups excluding tert-OH is 1. The summed E-state index contributed by atoms with van der Waals surface area (Å²) in [4.78, 5) is 5.31. The Morgan fingerprint density at radius 1 is 1.09 bits per heavy atom. The molecule has 0 fully saturated rings. The van der Waals surface area contributed by atoms with Gasteiger partial charge in [-0.25, -0.2) is 0 Å². The fourth-order valence-electron chi connectivity index (χ4n) is 2.55. The second kappa shape index (κ2) is 7.01. The van der Waals surface area contributed by atoms with Gasteiger partial charge in [-0.1, -0.05) is 48.5 Å². The van der Waals surface area contributed by atoms with Gasteiger partial charge in [0.05, 0.1) is 23.4 Å². The van der Waals surface area contributed by atoms with Gasteiger partial charge in [-0.3, -0.25) is 0 Å². The largest absolute Gasteiger partial charge is 0.393 e. The average Bonchev–Trinajstić information content (AvgIpc) is 2.85. The lowest BCUT2D eigenvalue weighted by Crippen LogP contribution is -2.05. The monoisotopic (exact) mass is 314 g/mol. The molecule has 2 aromatic carbocycles. The summed E-state index contributed by atoms with van der Waals surface area (Å²) in [6.07, 6.45) is 2.38. The Hall–Kier alpha value is -1.75. The quantitative estimate of drug-likeness (QED) is 0.482. The molecule has 1 aliphatic carbocycles. The van der Waals surface area contributed by atoms with E-state index in [1.54, 1.807) is 6.92 Å². The molecule has 2 unspecified atom stereocenters. The summed E-state index contributed by atoms with van der Waals surface area (Å²) in [5, 5.41) is 9.74. The lowest BCUT2D eigenvalue weighted by molar-refractivity contribution is -0.0783. The summed E-state index contributed by atoms with van der Waals surface area (Å²) in [7, 11) is 0. The van der Waals surface area contributed by atoms with Crippen molar-refractivity contribution in [2.75, 3.05) is 0 Å². The molecule has 0 bridgehead atoms. The summed E-state index contributed by atoms with van der Waals surface area (Å²) in [5.41, 5.74) is 3.52. The number of para-hydroxylation sites is 1. The molecule has 2 atom stereocenters. The van der Waals surface area contributed by atoms with E-state index in [2.05, 4.69) is 18.2 Å². The average molecular weight is 314 g/mol. The number of fused-ring (bicyclic) bond motifs is 1. The fourth-order valence-corrected chi connectivity index (χ4v) is 3.35. The molecule has 0 saturated carbocycles. The van der Waals surface area contributed by atoms with Crippen molar-refractivity contribution < 1.29 is 14.3 Å². The molecule has 0 heterocycles. The maximum absolute atomic E-state index is 9.69. The lowest BCUT2D eigenvalue weighted by Gasteiger charge is -2.16. The van der Waals surface area contributed by atoms with Crippen LogP contribution < -0.4 is 4.89 Å². The van der Waals surface area contributed by atoms with Crippen LogP contribution in [-0.4, -0.2) is 11.2 Å². The van der Waals surface area contributed by atoms with Crippen LogP contribution in [-0.2, 0) is 4.33 Å². The summed E-state index contributed by atoms with van der Waals surface area (Å²) >= 11 is 1.27. The zero-order chi connectivity index (χ0) is 15.4. The minimum absolute atomic E-state index is 0.0505. The van der Waals surface area contributed by atoms with E-state index in [4.69, 9.17) is 9.22 Å². The third kappa shape index (κ3) is 3.53. The van der Waals surface area contributed by atoms with Crippen molar-refractivity contribution in [2.24, 2.45) is 0 Å². The molecular weight excluding hydrogens is 296 g/mol. The van der Waals surface area contributed by atoms with E-state index in [0.29, 0.717) is 12.2 Å². The molecule has 0 spiro atoms. The second-order valence-electron chi connectivity index (χ2n) is 5.34. The molecule has 1 aliphatic rings. The van der Waals surface area contributed by atoms with E-state index >= 15 is 0 Å². The van der Waals surface area contributed by atoms with Gasteiger partial charge in [-0.05, 0) is 42.2 Å². The van der Waals surface area contributed by atoms with E-state index in [-0.39, 0.29) is 11.4 Å². The zero-order valence-corrected chi connectivity index (χ0v) is 13.1. The Labute approximate surface area is 134 Å². The van der Waals surface area contributed by atoms with Gasteiger partial charge < -0.3 is 9.99 Å². The van der Waals surface area contributed by atoms with Crippen molar-refractivity contribution in [1.82, 2.24) is 0 Å². The summed E-state index contributed by atoms with van der Waals surface area (Å²) in [6, 6.07) is 17.6. The minimum atomic E-state index is -0.376. The van der Waals surface area contributed by atoms with E-state index in [0.717, 1.165) is 5.57 Å². The van der Waals surface area contributed by atoms with Crippen LogP contribution in [0.2, 0.25) is 0 Å². The molecule has 1 N–H and O–H groups in total. The summed E-state index contributed by atoms with van der Waals surface area (Å²) in [5.74, 6) is 0.669. The van der Waals surface area contributed by atoms with Gasteiger partial charge >= 0.3 is 0 Å². The zero-order valence-electron chi connectivity index (χ0n) is 12.3. The fraction of sp³-hybridized carbons (Fsp3) is 0.222. The standard InChI is InChI=1S/C18H18O3S/c1-13(19)11-15-12-14-7-5-6-10-17(14)18(15)22-21-20-16-8-3-2-4-9-16/h2-10,12-13,18-19H,11H2,1H3. The highest BCUT2D eigenvalue weighted by Crippen LogP contribution is 2.46. The van der Waals surface area contributed by atoms with Crippen molar-refractivity contribution in [3.63, 3.8) is 0 Å². The molecule has 2 aromatic rings. The normalized spacial score (nSPS) is 17.7. The first-order valence-corrected chi connectivity index (χ1v) is 8.07. The first kappa shape index (κ1) is 15.2. The predicted molar refractivity (Wildman–Crippen MR) is 89.2 cm³/mol. The van der Waals surface area contributed by atoms with Crippen molar-refractivity contribution >= 4 is 18.1 Å². The molecule has 114 valence electrons. The van der Waals surface area contributed by atoms with Gasteiger partial charge in [0.25, 0.3) is 0 Å². The van der Waals surface area contributed by atoms with Crippen LogP contribution in [0.4, 0.5) is 0 Å². The molecule has 0 aliphatic heterocycles. The van der Waals surface area contributed by atoms with Crippen molar-refractivity contribution in [2.45, 2.75) is 24.7 Å². The van der Waals surface area contributed by atoms with Crippen LogP contribution in [0, 0.1) is 0 Å². The van der Waals surface area contributed by atoms with E-state index in [1.165, 1.54) is 23.2 Å². The van der Waals surface area contributed by atoms with Gasteiger partial charge in [0.15, 0.2) is 5.75 Å². The molecule has 3 rings (SSSR count). The second-order valence-corrected chi connectivity index (χ2v) is 6.14. The Morgan fingerprint density at radius 2 is 1.82 bits per heavy atom. The molecule has 0 amide bonds. The minimum Gasteiger partial charge on any atom is -0.393 e. The third-order valence-corrected chi connectivity index (χ3v) is 4.39. The molecule has 4 heteroatoms. The summed E-state index contributed by atoms with van der Waals surface area (Å²) < 4.78 is 5.37. The van der Waals surface area contributed by atoms with Crippen LogP contribution >= 0.6 is 12.0 Å². The summed E-state index contributed by atoms with van der Waals surface area (Å²) in [6.45, 7) is 1.80. The van der Waals surface area contributed by atoms with Crippen LogP contribution in [0.25, 0.3) is 6.08 Å². The van der Waals surface area contributed by atoms with Crippen molar-refractivity contribution in [3.05, 3.63) is 71.3 Å². The maximum atomic E-state index is 9.69. The van der Waals surface area contributed by atoms with Crippen LogP contribution in [0.15, 0.2) is 60.2 Å². The number of hydrogen-bond donors (Lipinski definition) is 1. The maximum Gasteiger partial charge on any atom is 0.166 e. The Morgan fingerprint density at radius 3 is 2.59 bits per heavy atom. The van der Waals surface area contributed by atoms with E-state index in [1.807, 2.05) is 42.5 Å². The number of hydrogen-bond acceptors (Lipinski definition) is 4. The van der Waals surface area contributed by atoms with Gasteiger partial charge in [0, 0.05) is 0 Å². The Balaban J connectivity index is 1.68. The van der Waals surface area contributed by atoms with Gasteiger partial charge in [-0.15, -0.1) is 4.33 Å². The van der Waals surface area contributed by atoms with Crippen LogP contribution in [0.5, 0.6) is 5.75 Å². The topological polar surface area (TPSA) is 38.7 Å². The Bertz CT molecular complexity index is 652. The SMILES string of the molecule is CC(O)CC1=Cc2ccccc2C1SOOc1ccccc1. The van der Waals surface area contributed by atoms with E-state index < -0.39 is 0 Å². The highest BCUT2D eigenvalue weighted by Gasteiger charge is 2.27. The van der Waals surface area contributed by atoms with E-state index in [9.17, 15) is 5.11 Å². The van der Waals surface area contributed by atoms with Gasteiger partial charge in [0.2, 0.25) is 0 Å².